The molecule has 0 spiro atoms. The Morgan fingerprint density at radius 3 is 2.55 bits per heavy atom. The highest BCUT2D eigenvalue weighted by molar-refractivity contribution is 5.73. The number of hydrogen-bond acceptors (Lipinski definition) is 4. The highest BCUT2D eigenvalue weighted by Crippen LogP contribution is 2.34. The fourth-order valence-electron chi connectivity index (χ4n) is 3.01. The second-order valence-electron chi connectivity index (χ2n) is 5.46. The van der Waals surface area contributed by atoms with Crippen molar-refractivity contribution in [3.63, 3.8) is 0 Å². The average molecular weight is 293 g/mol. The summed E-state index contributed by atoms with van der Waals surface area (Å²) < 4.78 is 0. The van der Waals surface area contributed by atoms with Crippen LogP contribution in [-0.2, 0) is 4.79 Å². The predicted octanol–water partition coefficient (Wildman–Crippen LogP) is 3.05. The van der Waals surface area contributed by atoms with Crippen LogP contribution in [0.25, 0.3) is 0 Å². The number of carbonyl (C=O) groups excluding carboxylic acids is 1. The summed E-state index contributed by atoms with van der Waals surface area (Å²) in [5.41, 5.74) is 6.60. The second-order valence-corrected chi connectivity index (χ2v) is 5.46. The molecule has 1 N–H and O–H groups in total. The van der Waals surface area contributed by atoms with Gasteiger partial charge in [0.1, 0.15) is 18.1 Å². The summed E-state index contributed by atoms with van der Waals surface area (Å²) in [5.74, 6) is 0.909. The van der Waals surface area contributed by atoms with Gasteiger partial charge in [-0.25, -0.2) is 4.98 Å². The van der Waals surface area contributed by atoms with Gasteiger partial charge >= 0.3 is 0 Å². The molecule has 1 aromatic heterocycles. The van der Waals surface area contributed by atoms with Crippen molar-refractivity contribution in [2.75, 3.05) is 5.01 Å². The van der Waals surface area contributed by atoms with E-state index in [4.69, 9.17) is 0 Å². The number of benzene rings is 1. The van der Waals surface area contributed by atoms with E-state index in [9.17, 15) is 4.79 Å². The van der Waals surface area contributed by atoms with Gasteiger partial charge < -0.3 is 10.2 Å². The normalized spacial score (nSPS) is 19.0. The van der Waals surface area contributed by atoms with Gasteiger partial charge in [0.25, 0.3) is 0 Å². The van der Waals surface area contributed by atoms with Crippen molar-refractivity contribution in [3.8, 4) is 0 Å². The summed E-state index contributed by atoms with van der Waals surface area (Å²) in [5, 5.41) is 1.83. The minimum absolute atomic E-state index is 0.164. The van der Waals surface area contributed by atoms with Crippen molar-refractivity contribution in [1.82, 2.24) is 10.4 Å². The Bertz CT molecular complexity index is 682. The summed E-state index contributed by atoms with van der Waals surface area (Å²) in [4.78, 5) is 16.1. The Labute approximate surface area is 130 Å². The van der Waals surface area contributed by atoms with Gasteiger partial charge in [0.15, 0.2) is 0 Å². The van der Waals surface area contributed by atoms with Crippen LogP contribution in [0.1, 0.15) is 25.3 Å². The van der Waals surface area contributed by atoms with Gasteiger partial charge in [0, 0.05) is 17.8 Å². The molecule has 0 saturated heterocycles. The lowest BCUT2D eigenvalue weighted by atomic mass is 9.88. The molecule has 0 amide bonds. The number of aldehydes is 1. The topological polar surface area (TPSA) is 45.2 Å². The molecule has 1 aliphatic rings. The van der Waals surface area contributed by atoms with Crippen LogP contribution in [0.15, 0.2) is 66.0 Å². The largest absolute Gasteiger partial charge is 0.301 e. The second kappa shape index (κ2) is 6.02. The zero-order valence-electron chi connectivity index (χ0n) is 12.7. The molecular weight excluding hydrogens is 274 g/mol. The molecule has 4 heteroatoms. The molecule has 2 atom stereocenters. The highest BCUT2D eigenvalue weighted by Gasteiger charge is 2.34. The van der Waals surface area contributed by atoms with Crippen LogP contribution in [-0.4, -0.2) is 17.3 Å². The standard InChI is InChI=1S/C18H19N3O/c1-13(15-8-4-3-5-9-15)18-14(2)20-21(16(18)12-22)17-10-6-7-11-19-17/h3-13,16,20H,1-2H3. The predicted molar refractivity (Wildman–Crippen MR) is 87.3 cm³/mol. The maximum atomic E-state index is 11.7. The van der Waals surface area contributed by atoms with Gasteiger partial charge in [0.2, 0.25) is 0 Å². The van der Waals surface area contributed by atoms with E-state index in [1.165, 1.54) is 5.56 Å². The molecule has 1 aromatic carbocycles. The van der Waals surface area contributed by atoms with E-state index in [1.54, 1.807) is 6.20 Å². The highest BCUT2D eigenvalue weighted by atomic mass is 16.1. The maximum absolute atomic E-state index is 11.7. The Hall–Kier alpha value is -2.62. The van der Waals surface area contributed by atoms with E-state index in [1.807, 2.05) is 48.3 Å². The zero-order valence-corrected chi connectivity index (χ0v) is 12.7. The molecule has 0 aliphatic carbocycles. The van der Waals surface area contributed by atoms with Gasteiger partial charge in [-0.15, -0.1) is 0 Å². The average Bonchev–Trinajstić information content (AvgIpc) is 2.92. The van der Waals surface area contributed by atoms with E-state index in [0.29, 0.717) is 0 Å². The lowest BCUT2D eigenvalue weighted by molar-refractivity contribution is -0.108. The molecule has 1 aliphatic heterocycles. The first-order chi connectivity index (χ1) is 10.7. The fourth-order valence-corrected chi connectivity index (χ4v) is 3.01. The molecular formula is C18H19N3O. The molecule has 3 rings (SSSR count). The molecule has 0 saturated carbocycles. The van der Waals surface area contributed by atoms with Crippen molar-refractivity contribution >= 4 is 12.1 Å². The van der Waals surface area contributed by atoms with Crippen molar-refractivity contribution in [1.29, 1.82) is 0 Å². The molecule has 22 heavy (non-hydrogen) atoms. The van der Waals surface area contributed by atoms with Crippen LogP contribution in [0, 0.1) is 0 Å². The van der Waals surface area contributed by atoms with E-state index in [-0.39, 0.29) is 12.0 Å². The van der Waals surface area contributed by atoms with Crippen molar-refractivity contribution < 1.29 is 4.79 Å². The Kier molecular flexibility index (Phi) is 3.92. The quantitative estimate of drug-likeness (QED) is 0.880. The number of hydrogen-bond donors (Lipinski definition) is 1. The third-order valence-corrected chi connectivity index (χ3v) is 4.11. The van der Waals surface area contributed by atoms with E-state index >= 15 is 0 Å². The van der Waals surface area contributed by atoms with E-state index in [2.05, 4.69) is 29.5 Å². The number of aromatic nitrogens is 1. The summed E-state index contributed by atoms with van der Waals surface area (Å²) in [7, 11) is 0. The number of hydrazine groups is 1. The van der Waals surface area contributed by atoms with Crippen LogP contribution >= 0.6 is 0 Å². The van der Waals surface area contributed by atoms with E-state index in [0.717, 1.165) is 23.4 Å². The van der Waals surface area contributed by atoms with Gasteiger partial charge in [-0.2, -0.15) is 0 Å². The van der Waals surface area contributed by atoms with Gasteiger partial charge in [-0.1, -0.05) is 43.3 Å². The summed E-state index contributed by atoms with van der Waals surface area (Å²) in [6.45, 7) is 4.14. The maximum Gasteiger partial charge on any atom is 0.148 e. The monoisotopic (exact) mass is 293 g/mol. The third-order valence-electron chi connectivity index (χ3n) is 4.11. The first-order valence-electron chi connectivity index (χ1n) is 7.40. The molecule has 112 valence electrons. The molecule has 2 heterocycles. The lowest BCUT2D eigenvalue weighted by Crippen LogP contribution is -2.41. The number of anilines is 1. The summed E-state index contributed by atoms with van der Waals surface area (Å²) >= 11 is 0. The van der Waals surface area contributed by atoms with Gasteiger partial charge in [-0.3, -0.25) is 5.01 Å². The van der Waals surface area contributed by atoms with Crippen molar-refractivity contribution in [3.05, 3.63) is 71.6 Å². The summed E-state index contributed by atoms with van der Waals surface area (Å²) in [6, 6.07) is 15.6. The van der Waals surface area contributed by atoms with Crippen LogP contribution in [0.5, 0.6) is 0 Å². The van der Waals surface area contributed by atoms with Crippen molar-refractivity contribution in [2.24, 2.45) is 0 Å². The number of pyridine rings is 1. The van der Waals surface area contributed by atoms with Crippen LogP contribution in [0.3, 0.4) is 0 Å². The van der Waals surface area contributed by atoms with Gasteiger partial charge in [-0.05, 0) is 30.2 Å². The minimum Gasteiger partial charge on any atom is -0.301 e. The number of nitrogens with zero attached hydrogens (tertiary/aromatic N) is 2. The first-order valence-corrected chi connectivity index (χ1v) is 7.40. The molecule has 0 bridgehead atoms. The SMILES string of the molecule is CC1=C(C(C)c2ccccc2)C(C=O)N(c2ccccn2)N1. The number of rotatable bonds is 4. The Morgan fingerprint density at radius 2 is 1.91 bits per heavy atom. The minimum atomic E-state index is -0.342. The lowest BCUT2D eigenvalue weighted by Gasteiger charge is -2.25. The van der Waals surface area contributed by atoms with Gasteiger partial charge in [0.05, 0.1) is 0 Å². The van der Waals surface area contributed by atoms with E-state index < -0.39 is 0 Å². The third kappa shape index (κ3) is 2.48. The molecule has 2 aromatic rings. The molecule has 0 radical (unpaired) electrons. The first kappa shape index (κ1) is 14.3. The molecule has 4 nitrogen and oxygen atoms in total. The zero-order chi connectivity index (χ0) is 15.5. The number of nitrogens with one attached hydrogen (secondary N) is 1. The number of allylic oxidation sites excluding steroid dienone is 1. The van der Waals surface area contributed by atoms with Crippen LogP contribution in [0.2, 0.25) is 0 Å². The molecule has 2 unspecified atom stereocenters. The molecule has 0 fully saturated rings. The fraction of sp³-hybridized carbons (Fsp3) is 0.222. The van der Waals surface area contributed by atoms with Crippen molar-refractivity contribution in [2.45, 2.75) is 25.8 Å². The Morgan fingerprint density at radius 1 is 1.18 bits per heavy atom. The van der Waals surface area contributed by atoms with Crippen LogP contribution in [0.4, 0.5) is 5.82 Å². The number of carbonyl (C=O) groups is 1. The van der Waals surface area contributed by atoms with Crippen LogP contribution < -0.4 is 10.4 Å². The summed E-state index contributed by atoms with van der Waals surface area (Å²) in [6.07, 6.45) is 2.71. The smallest absolute Gasteiger partial charge is 0.148 e. The Balaban J connectivity index is 1.94.